The van der Waals surface area contributed by atoms with Gasteiger partial charge in [-0.3, -0.25) is 14.4 Å². The summed E-state index contributed by atoms with van der Waals surface area (Å²) in [6, 6.07) is 6.69. The molecule has 0 aromatic heterocycles. The van der Waals surface area contributed by atoms with Crippen molar-refractivity contribution in [1.82, 2.24) is 10.6 Å². The lowest BCUT2D eigenvalue weighted by Crippen LogP contribution is -2.60. The van der Waals surface area contributed by atoms with Crippen LogP contribution in [0.3, 0.4) is 0 Å². The van der Waals surface area contributed by atoms with Gasteiger partial charge in [0.1, 0.15) is 18.2 Å². The second-order valence-electron chi connectivity index (χ2n) is 9.55. The third kappa shape index (κ3) is 6.08. The van der Waals surface area contributed by atoms with Crippen LogP contribution in [0, 0.1) is 5.92 Å². The molecule has 1 aromatic carbocycles. The quantitative estimate of drug-likeness (QED) is 0.718. The van der Waals surface area contributed by atoms with E-state index in [2.05, 4.69) is 31.4 Å². The van der Waals surface area contributed by atoms with Crippen LogP contribution in [0.25, 0.3) is 0 Å². The molecule has 0 radical (unpaired) electrons. The highest BCUT2D eigenvalue weighted by molar-refractivity contribution is 7.59. The third-order valence-electron chi connectivity index (χ3n) is 5.58. The fourth-order valence-electron chi connectivity index (χ4n) is 3.32. The topological polar surface area (TPSA) is 84.5 Å². The minimum absolute atomic E-state index is 0. The van der Waals surface area contributed by atoms with Crippen molar-refractivity contribution >= 4 is 31.1 Å². The van der Waals surface area contributed by atoms with E-state index in [1.165, 1.54) is 0 Å². The van der Waals surface area contributed by atoms with Gasteiger partial charge in [0.15, 0.2) is 5.78 Å². The number of ketones is 1. The molecule has 1 fully saturated rings. The van der Waals surface area contributed by atoms with Gasteiger partial charge in [0.2, 0.25) is 5.91 Å². The van der Waals surface area contributed by atoms with E-state index < -0.39 is 17.7 Å². The Hall–Kier alpha value is -1.86. The number of carbonyl (C=O) groups is 3. The summed E-state index contributed by atoms with van der Waals surface area (Å²) in [6.07, 6.45) is 0.0521. The first-order valence-electron chi connectivity index (χ1n) is 10.2. The van der Waals surface area contributed by atoms with E-state index in [0.29, 0.717) is 12.0 Å². The van der Waals surface area contributed by atoms with E-state index in [4.69, 9.17) is 4.74 Å². The summed E-state index contributed by atoms with van der Waals surface area (Å²) in [5.74, 6) is -0.647. The molecule has 3 atom stereocenters. The first-order valence-corrected chi connectivity index (χ1v) is 10.2. The van der Waals surface area contributed by atoms with Gasteiger partial charge in [0.05, 0.1) is 6.10 Å². The number of benzene rings is 1. The summed E-state index contributed by atoms with van der Waals surface area (Å²) in [4.78, 5) is 37.9. The van der Waals surface area contributed by atoms with Crippen LogP contribution in [0.15, 0.2) is 24.3 Å². The van der Waals surface area contributed by atoms with Crippen LogP contribution in [0.2, 0.25) is 0 Å². The number of Topliss-reactive ketones (excluding diaryl/α,β-unsaturated/α-hetero) is 1. The number of hydrogen-bond donors (Lipinski definition) is 2. The van der Waals surface area contributed by atoms with Gasteiger partial charge in [-0.2, -0.15) is 13.5 Å². The number of carbonyl (C=O) groups excluding carboxylic acids is 3. The Morgan fingerprint density at radius 2 is 1.77 bits per heavy atom. The Morgan fingerprint density at radius 3 is 2.20 bits per heavy atom. The normalized spacial score (nSPS) is 22.4. The Morgan fingerprint density at radius 1 is 1.20 bits per heavy atom. The van der Waals surface area contributed by atoms with E-state index in [9.17, 15) is 14.4 Å². The molecule has 1 aliphatic rings. The van der Waals surface area contributed by atoms with Crippen molar-refractivity contribution in [2.45, 2.75) is 78.0 Å². The highest BCUT2D eigenvalue weighted by Gasteiger charge is 2.47. The average Bonchev–Trinajstić information content (AvgIpc) is 2.87. The van der Waals surface area contributed by atoms with Gasteiger partial charge in [-0.15, -0.1) is 0 Å². The van der Waals surface area contributed by atoms with Crippen LogP contribution in [0.1, 0.15) is 70.8 Å². The standard InChI is InChI=1S/C23H34N2O4.H2S/c1-14(2)12-18(21(28)25-23(7)15(3)29-13-19(23)26)24-20(27)16-8-10-17(11-9-16)22(4,5)6;/h8-11,14-15,18H,12-13H2,1-7H3,(H,24,27)(H,25,28);1H2/t15-,18+,23-;/m1./s1. The Labute approximate surface area is 187 Å². The second kappa shape index (κ2) is 9.96. The van der Waals surface area contributed by atoms with Gasteiger partial charge in [0, 0.05) is 5.56 Å². The van der Waals surface area contributed by atoms with Gasteiger partial charge >= 0.3 is 0 Å². The molecule has 168 valence electrons. The highest BCUT2D eigenvalue weighted by Crippen LogP contribution is 2.23. The lowest BCUT2D eigenvalue weighted by molar-refractivity contribution is -0.130. The van der Waals surface area contributed by atoms with Crippen molar-refractivity contribution in [2.75, 3.05) is 6.61 Å². The molecule has 2 N–H and O–H groups in total. The zero-order valence-electron chi connectivity index (χ0n) is 19.1. The molecule has 6 nitrogen and oxygen atoms in total. The molecule has 0 saturated carbocycles. The Balaban J connectivity index is 0.00000450. The fourth-order valence-corrected chi connectivity index (χ4v) is 3.32. The summed E-state index contributed by atoms with van der Waals surface area (Å²) in [6.45, 7) is 13.7. The van der Waals surface area contributed by atoms with E-state index in [0.717, 1.165) is 5.56 Å². The van der Waals surface area contributed by atoms with E-state index in [1.54, 1.807) is 26.0 Å². The van der Waals surface area contributed by atoms with Crippen LogP contribution in [-0.2, 0) is 19.7 Å². The van der Waals surface area contributed by atoms with Gasteiger partial charge in [-0.1, -0.05) is 46.8 Å². The van der Waals surface area contributed by atoms with Crippen LogP contribution >= 0.6 is 13.5 Å². The monoisotopic (exact) mass is 436 g/mol. The molecule has 0 bridgehead atoms. The molecule has 2 rings (SSSR count). The highest BCUT2D eigenvalue weighted by atomic mass is 32.1. The van der Waals surface area contributed by atoms with Crippen molar-refractivity contribution in [3.8, 4) is 0 Å². The molecule has 1 heterocycles. The maximum Gasteiger partial charge on any atom is 0.251 e. The number of ether oxygens (including phenoxy) is 1. The predicted octanol–water partition coefficient (Wildman–Crippen LogP) is 3.10. The zero-order chi connectivity index (χ0) is 22.0. The number of rotatable bonds is 6. The largest absolute Gasteiger partial charge is 0.368 e. The third-order valence-corrected chi connectivity index (χ3v) is 5.58. The molecular formula is C23H36N2O4S. The maximum absolute atomic E-state index is 12.9. The first-order chi connectivity index (χ1) is 13.3. The van der Waals surface area contributed by atoms with Gasteiger partial charge in [-0.05, 0) is 49.3 Å². The predicted molar refractivity (Wildman–Crippen MR) is 123 cm³/mol. The summed E-state index contributed by atoms with van der Waals surface area (Å²) >= 11 is 0. The number of amides is 2. The molecule has 1 saturated heterocycles. The molecule has 30 heavy (non-hydrogen) atoms. The van der Waals surface area contributed by atoms with E-state index in [-0.39, 0.29) is 49.0 Å². The van der Waals surface area contributed by atoms with Crippen LogP contribution in [0.4, 0.5) is 0 Å². The van der Waals surface area contributed by atoms with Crippen molar-refractivity contribution in [3.05, 3.63) is 35.4 Å². The number of nitrogens with one attached hydrogen (secondary N) is 2. The van der Waals surface area contributed by atoms with Gasteiger partial charge < -0.3 is 15.4 Å². The van der Waals surface area contributed by atoms with Crippen molar-refractivity contribution < 1.29 is 19.1 Å². The molecule has 1 aliphatic heterocycles. The molecule has 0 spiro atoms. The smallest absolute Gasteiger partial charge is 0.251 e. The van der Waals surface area contributed by atoms with Crippen molar-refractivity contribution in [2.24, 2.45) is 5.92 Å². The minimum Gasteiger partial charge on any atom is -0.368 e. The second-order valence-corrected chi connectivity index (χ2v) is 9.55. The fraction of sp³-hybridized carbons (Fsp3) is 0.609. The lowest BCUT2D eigenvalue weighted by atomic mass is 9.86. The molecule has 0 aliphatic carbocycles. The summed E-state index contributed by atoms with van der Waals surface area (Å²) in [7, 11) is 0. The van der Waals surface area contributed by atoms with Gasteiger partial charge in [0.25, 0.3) is 5.91 Å². The molecular weight excluding hydrogens is 400 g/mol. The van der Waals surface area contributed by atoms with Crippen LogP contribution in [0.5, 0.6) is 0 Å². The van der Waals surface area contributed by atoms with Crippen LogP contribution < -0.4 is 10.6 Å². The molecule has 0 unspecified atom stereocenters. The average molecular weight is 437 g/mol. The summed E-state index contributed by atoms with van der Waals surface area (Å²) in [5, 5.41) is 5.66. The number of hydrogen-bond acceptors (Lipinski definition) is 4. The van der Waals surface area contributed by atoms with E-state index in [1.807, 2.05) is 26.0 Å². The zero-order valence-corrected chi connectivity index (χ0v) is 20.1. The van der Waals surface area contributed by atoms with Crippen LogP contribution in [-0.4, -0.2) is 41.9 Å². The molecule has 7 heteroatoms. The maximum atomic E-state index is 12.9. The lowest BCUT2D eigenvalue weighted by Gasteiger charge is -2.30. The minimum atomic E-state index is -1.08. The van der Waals surface area contributed by atoms with Gasteiger partial charge in [-0.25, -0.2) is 0 Å². The Bertz CT molecular complexity index is 770. The van der Waals surface area contributed by atoms with Crippen molar-refractivity contribution in [3.63, 3.8) is 0 Å². The summed E-state index contributed by atoms with van der Waals surface area (Å²) < 4.78 is 5.38. The molecule has 2 amide bonds. The summed E-state index contributed by atoms with van der Waals surface area (Å²) in [5.41, 5.74) is 0.550. The molecule has 1 aromatic rings. The van der Waals surface area contributed by atoms with E-state index >= 15 is 0 Å². The first kappa shape index (κ1) is 26.2. The van der Waals surface area contributed by atoms with Crippen molar-refractivity contribution in [1.29, 1.82) is 0 Å². The Kier molecular flexibility index (Phi) is 8.69. The SMILES string of the molecule is CC(C)C[C@H](NC(=O)c1ccc(C(C)(C)C)cc1)C(=O)N[C@@]1(C)C(=O)CO[C@@H]1C.S.